The number of nitrogens with zero attached hydrogens (tertiary/aromatic N) is 4. The van der Waals surface area contributed by atoms with Gasteiger partial charge in [0.2, 0.25) is 11.8 Å². The summed E-state index contributed by atoms with van der Waals surface area (Å²) in [6.07, 6.45) is 0. The summed E-state index contributed by atoms with van der Waals surface area (Å²) >= 11 is 1.10. The van der Waals surface area contributed by atoms with Crippen molar-refractivity contribution in [1.29, 1.82) is 0 Å². The summed E-state index contributed by atoms with van der Waals surface area (Å²) < 4.78 is 41.3. The SMILES string of the molecule is Cc1cc(C)n2c(SCC(=O)NCC(=O)Nc3ccc(F)c(F)c3F)nnc2n1. The molecule has 12 heteroatoms. The van der Waals surface area contributed by atoms with Crippen LogP contribution in [0.3, 0.4) is 0 Å². The topological polar surface area (TPSA) is 101 Å². The van der Waals surface area contributed by atoms with Crippen molar-refractivity contribution in [3.63, 3.8) is 0 Å². The Balaban J connectivity index is 1.53. The monoisotopic (exact) mass is 424 g/mol. The number of hydrogen-bond acceptors (Lipinski definition) is 6. The van der Waals surface area contributed by atoms with Crippen LogP contribution in [-0.4, -0.2) is 43.7 Å². The second-order valence-corrected chi connectivity index (χ2v) is 6.94. The summed E-state index contributed by atoms with van der Waals surface area (Å²) in [6, 6.07) is 3.42. The molecule has 29 heavy (non-hydrogen) atoms. The predicted molar refractivity (Wildman–Crippen MR) is 98.9 cm³/mol. The molecule has 0 saturated heterocycles. The Kier molecular flexibility index (Phi) is 6.01. The molecule has 8 nitrogen and oxygen atoms in total. The summed E-state index contributed by atoms with van der Waals surface area (Å²) in [5.74, 6) is -5.49. The number of hydrogen-bond donors (Lipinski definition) is 2. The van der Waals surface area contributed by atoms with Gasteiger partial charge in [0, 0.05) is 11.4 Å². The van der Waals surface area contributed by atoms with Gasteiger partial charge in [-0.2, -0.15) is 0 Å². The van der Waals surface area contributed by atoms with E-state index in [1.54, 1.807) is 4.40 Å². The van der Waals surface area contributed by atoms with Crippen LogP contribution in [0.1, 0.15) is 11.4 Å². The Bertz CT molecular complexity index is 1100. The molecule has 1 aromatic carbocycles. The molecule has 0 fully saturated rings. The van der Waals surface area contributed by atoms with E-state index >= 15 is 0 Å². The molecule has 2 amide bonds. The zero-order valence-corrected chi connectivity index (χ0v) is 16.1. The fourth-order valence-corrected chi connectivity index (χ4v) is 3.29. The number of thioether (sulfide) groups is 1. The highest BCUT2D eigenvalue weighted by molar-refractivity contribution is 7.99. The number of anilines is 1. The van der Waals surface area contributed by atoms with Gasteiger partial charge in [0.1, 0.15) is 0 Å². The fraction of sp³-hybridized carbons (Fsp3) is 0.235. The molecule has 2 aromatic heterocycles. The van der Waals surface area contributed by atoms with E-state index in [0.717, 1.165) is 29.2 Å². The minimum Gasteiger partial charge on any atom is -0.346 e. The standard InChI is InChI=1S/C17H15F3N6O2S/c1-8-5-9(2)26-16(22-8)24-25-17(26)29-7-13(28)21-6-12(27)23-11-4-3-10(18)14(19)15(11)20/h3-5H,6-7H2,1-2H3,(H,21,28)(H,23,27). The summed E-state index contributed by atoms with van der Waals surface area (Å²) in [6.45, 7) is 3.22. The van der Waals surface area contributed by atoms with Crippen LogP contribution in [0.4, 0.5) is 18.9 Å². The Morgan fingerprint density at radius 1 is 1.10 bits per heavy atom. The zero-order chi connectivity index (χ0) is 21.1. The molecule has 0 aliphatic carbocycles. The van der Waals surface area contributed by atoms with Crippen LogP contribution in [0.5, 0.6) is 0 Å². The Hall–Kier alpha value is -3.15. The minimum absolute atomic E-state index is 0.0546. The first-order valence-electron chi connectivity index (χ1n) is 8.28. The normalized spacial score (nSPS) is 10.9. The average Bonchev–Trinajstić information content (AvgIpc) is 3.08. The minimum atomic E-state index is -1.69. The van der Waals surface area contributed by atoms with E-state index in [2.05, 4.69) is 25.8 Å². The lowest BCUT2D eigenvalue weighted by Gasteiger charge is -2.08. The fourth-order valence-electron chi connectivity index (χ4n) is 2.47. The van der Waals surface area contributed by atoms with Gasteiger partial charge < -0.3 is 10.6 Å². The molecule has 0 radical (unpaired) electrons. The number of nitrogens with one attached hydrogen (secondary N) is 2. The number of amides is 2. The van der Waals surface area contributed by atoms with Gasteiger partial charge in [0.05, 0.1) is 18.0 Å². The van der Waals surface area contributed by atoms with E-state index in [9.17, 15) is 22.8 Å². The van der Waals surface area contributed by atoms with Gasteiger partial charge in [0.15, 0.2) is 22.6 Å². The number of aryl methyl sites for hydroxylation is 2. The lowest BCUT2D eigenvalue weighted by atomic mass is 10.2. The first kappa shape index (κ1) is 20.6. The first-order valence-corrected chi connectivity index (χ1v) is 9.27. The van der Waals surface area contributed by atoms with Crippen LogP contribution >= 0.6 is 11.8 Å². The van der Waals surface area contributed by atoms with Crippen LogP contribution in [0.2, 0.25) is 0 Å². The largest absolute Gasteiger partial charge is 0.346 e. The molecule has 0 spiro atoms. The Morgan fingerprint density at radius 2 is 1.86 bits per heavy atom. The van der Waals surface area contributed by atoms with Crippen molar-refractivity contribution in [3.05, 3.63) is 47.0 Å². The molecule has 152 valence electrons. The Morgan fingerprint density at radius 3 is 2.62 bits per heavy atom. The van der Waals surface area contributed by atoms with E-state index in [-0.39, 0.29) is 5.75 Å². The number of carbonyl (C=O) groups is 2. The Labute approximate surface area is 166 Å². The van der Waals surface area contributed by atoms with Crippen molar-refractivity contribution < 1.29 is 22.8 Å². The van der Waals surface area contributed by atoms with Crippen LogP contribution in [-0.2, 0) is 9.59 Å². The molecular weight excluding hydrogens is 409 g/mol. The van der Waals surface area contributed by atoms with Gasteiger partial charge in [0.25, 0.3) is 5.78 Å². The predicted octanol–water partition coefficient (Wildman–Crippen LogP) is 2.01. The summed E-state index contributed by atoms with van der Waals surface area (Å²) in [5.41, 5.74) is 1.12. The summed E-state index contributed by atoms with van der Waals surface area (Å²) in [5, 5.41) is 12.8. The molecule has 0 aliphatic rings. The molecule has 2 N–H and O–H groups in total. The third-order valence-corrected chi connectivity index (χ3v) is 4.68. The number of halogens is 3. The second kappa shape index (κ2) is 8.47. The van der Waals surface area contributed by atoms with Gasteiger partial charge in [-0.05, 0) is 32.0 Å². The van der Waals surface area contributed by atoms with Crippen molar-refractivity contribution in [2.75, 3.05) is 17.6 Å². The smallest absolute Gasteiger partial charge is 0.256 e. The summed E-state index contributed by atoms with van der Waals surface area (Å²) in [4.78, 5) is 28.0. The molecular formula is C17H15F3N6O2S. The van der Waals surface area contributed by atoms with Gasteiger partial charge in [-0.1, -0.05) is 11.8 Å². The van der Waals surface area contributed by atoms with Gasteiger partial charge in [-0.25, -0.2) is 18.2 Å². The maximum absolute atomic E-state index is 13.5. The second-order valence-electron chi connectivity index (χ2n) is 5.99. The van der Waals surface area contributed by atoms with Crippen LogP contribution < -0.4 is 10.6 Å². The van der Waals surface area contributed by atoms with E-state index in [4.69, 9.17) is 0 Å². The molecule has 0 atom stereocenters. The number of aromatic nitrogens is 4. The number of fused-ring (bicyclic) bond motifs is 1. The molecule has 0 bridgehead atoms. The van der Waals surface area contributed by atoms with E-state index in [1.165, 1.54) is 0 Å². The third kappa shape index (κ3) is 4.65. The first-order chi connectivity index (χ1) is 13.8. The molecule has 0 aliphatic heterocycles. The van der Waals surface area contributed by atoms with Gasteiger partial charge >= 0.3 is 0 Å². The quantitative estimate of drug-likeness (QED) is 0.464. The molecule has 2 heterocycles. The van der Waals surface area contributed by atoms with Gasteiger partial charge in [-0.3, -0.25) is 14.0 Å². The van der Waals surface area contributed by atoms with Crippen molar-refractivity contribution in [3.8, 4) is 0 Å². The average molecular weight is 424 g/mol. The number of rotatable bonds is 6. The highest BCUT2D eigenvalue weighted by Crippen LogP contribution is 2.20. The van der Waals surface area contributed by atoms with E-state index < -0.39 is 41.5 Å². The van der Waals surface area contributed by atoms with Crippen LogP contribution in [0.15, 0.2) is 23.4 Å². The zero-order valence-electron chi connectivity index (χ0n) is 15.3. The number of carbonyl (C=O) groups excluding carboxylic acids is 2. The summed E-state index contributed by atoms with van der Waals surface area (Å²) in [7, 11) is 0. The lowest BCUT2D eigenvalue weighted by molar-refractivity contribution is -0.122. The molecule has 3 rings (SSSR count). The number of benzene rings is 1. The van der Waals surface area contributed by atoms with Crippen molar-refractivity contribution >= 4 is 35.0 Å². The highest BCUT2D eigenvalue weighted by Gasteiger charge is 2.16. The van der Waals surface area contributed by atoms with Gasteiger partial charge in [-0.15, -0.1) is 10.2 Å². The molecule has 0 saturated carbocycles. The molecule has 3 aromatic rings. The third-order valence-electron chi connectivity index (χ3n) is 3.75. The van der Waals surface area contributed by atoms with Crippen molar-refractivity contribution in [2.24, 2.45) is 0 Å². The molecule has 0 unspecified atom stereocenters. The van der Waals surface area contributed by atoms with Crippen molar-refractivity contribution in [1.82, 2.24) is 24.9 Å². The highest BCUT2D eigenvalue weighted by atomic mass is 32.2. The van der Waals surface area contributed by atoms with Crippen molar-refractivity contribution in [2.45, 2.75) is 19.0 Å². The maximum Gasteiger partial charge on any atom is 0.256 e. The van der Waals surface area contributed by atoms with E-state index in [0.29, 0.717) is 17.0 Å². The lowest BCUT2D eigenvalue weighted by Crippen LogP contribution is -2.34. The van der Waals surface area contributed by atoms with Crippen LogP contribution in [0.25, 0.3) is 5.78 Å². The maximum atomic E-state index is 13.5. The van der Waals surface area contributed by atoms with Crippen LogP contribution in [0, 0.1) is 31.3 Å². The van der Waals surface area contributed by atoms with E-state index in [1.807, 2.05) is 19.9 Å².